The lowest BCUT2D eigenvalue weighted by Gasteiger charge is -2.34. The molecule has 1 aromatic rings. The molecule has 0 amide bonds. The normalized spacial score (nSPS) is 27.0. The molecule has 0 aromatic heterocycles. The van der Waals surface area contributed by atoms with Crippen LogP contribution < -0.4 is 5.32 Å². The Labute approximate surface area is 122 Å². The van der Waals surface area contributed by atoms with Crippen molar-refractivity contribution in [2.45, 2.75) is 39.2 Å². The maximum atomic E-state index is 11.3. The van der Waals surface area contributed by atoms with Gasteiger partial charge in [0, 0.05) is 10.5 Å². The van der Waals surface area contributed by atoms with Crippen LogP contribution in [0.5, 0.6) is 0 Å². The summed E-state index contributed by atoms with van der Waals surface area (Å²) in [5.41, 5.74) is 1.06. The van der Waals surface area contributed by atoms with E-state index in [0.717, 1.165) is 16.8 Å². The van der Waals surface area contributed by atoms with E-state index < -0.39 is 5.97 Å². The molecule has 0 aliphatic heterocycles. The van der Waals surface area contributed by atoms with Gasteiger partial charge in [0.05, 0.1) is 11.3 Å². The number of carbonyl (C=O) groups is 1. The third-order valence-electron chi connectivity index (χ3n) is 3.98. The van der Waals surface area contributed by atoms with Gasteiger partial charge in [-0.2, -0.15) is 0 Å². The van der Waals surface area contributed by atoms with E-state index in [-0.39, 0.29) is 0 Å². The van der Waals surface area contributed by atoms with E-state index in [2.05, 4.69) is 35.1 Å². The average Bonchev–Trinajstić information content (AvgIpc) is 2.32. The fraction of sp³-hybridized carbons (Fsp3) is 0.533. The second-order valence-electron chi connectivity index (χ2n) is 5.64. The minimum atomic E-state index is -0.883. The highest BCUT2D eigenvalue weighted by atomic mass is 79.9. The van der Waals surface area contributed by atoms with E-state index in [0.29, 0.717) is 23.2 Å². The first kappa shape index (κ1) is 14.4. The minimum Gasteiger partial charge on any atom is -0.478 e. The van der Waals surface area contributed by atoms with Crippen LogP contribution in [0.3, 0.4) is 0 Å². The molecule has 3 unspecified atom stereocenters. The summed E-state index contributed by atoms with van der Waals surface area (Å²) in [6, 6.07) is 5.63. The number of nitrogens with one attached hydrogen (secondary N) is 1. The SMILES string of the molecule is CC1CCC(Nc2cc(Br)ccc2C(=O)O)C(C)C1. The third kappa shape index (κ3) is 3.50. The van der Waals surface area contributed by atoms with E-state index in [4.69, 9.17) is 0 Å². The number of hydrogen-bond donors (Lipinski definition) is 2. The molecule has 0 radical (unpaired) electrons. The van der Waals surface area contributed by atoms with E-state index in [9.17, 15) is 9.90 Å². The first-order valence-corrected chi connectivity index (χ1v) is 7.56. The number of carboxylic acid groups (broad SMARTS) is 1. The molecule has 0 saturated heterocycles. The van der Waals surface area contributed by atoms with Gasteiger partial charge in [-0.15, -0.1) is 0 Å². The van der Waals surface area contributed by atoms with Crippen molar-refractivity contribution in [3.8, 4) is 0 Å². The molecule has 1 aromatic carbocycles. The van der Waals surface area contributed by atoms with E-state index in [1.165, 1.54) is 12.8 Å². The van der Waals surface area contributed by atoms with Crippen LogP contribution >= 0.6 is 15.9 Å². The highest BCUT2D eigenvalue weighted by Gasteiger charge is 2.26. The molecule has 104 valence electrons. The third-order valence-corrected chi connectivity index (χ3v) is 4.48. The Hall–Kier alpha value is -1.03. The molecule has 0 bridgehead atoms. The topological polar surface area (TPSA) is 49.3 Å². The smallest absolute Gasteiger partial charge is 0.337 e. The summed E-state index contributed by atoms with van der Waals surface area (Å²) in [4.78, 5) is 11.3. The van der Waals surface area contributed by atoms with Crippen LogP contribution in [0.4, 0.5) is 5.69 Å². The molecule has 1 fully saturated rings. The fourth-order valence-electron chi connectivity index (χ4n) is 2.90. The van der Waals surface area contributed by atoms with Crippen LogP contribution in [0.1, 0.15) is 43.5 Å². The summed E-state index contributed by atoms with van der Waals surface area (Å²) in [6.07, 6.45) is 3.51. The van der Waals surface area contributed by atoms with Crippen molar-refractivity contribution in [1.29, 1.82) is 0 Å². The molecule has 1 saturated carbocycles. The predicted octanol–water partition coefficient (Wildman–Crippen LogP) is 4.38. The van der Waals surface area contributed by atoms with Crippen LogP contribution in [0, 0.1) is 11.8 Å². The fourth-order valence-corrected chi connectivity index (χ4v) is 3.26. The monoisotopic (exact) mass is 325 g/mol. The van der Waals surface area contributed by atoms with Gasteiger partial charge >= 0.3 is 5.97 Å². The van der Waals surface area contributed by atoms with Gasteiger partial charge in [0.25, 0.3) is 0 Å². The number of anilines is 1. The van der Waals surface area contributed by atoms with Gasteiger partial charge in [-0.1, -0.05) is 29.8 Å². The lowest BCUT2D eigenvalue weighted by atomic mass is 9.80. The maximum absolute atomic E-state index is 11.3. The number of hydrogen-bond acceptors (Lipinski definition) is 2. The lowest BCUT2D eigenvalue weighted by molar-refractivity contribution is 0.0697. The van der Waals surface area contributed by atoms with E-state index in [1.54, 1.807) is 12.1 Å². The molecule has 2 rings (SSSR count). The number of rotatable bonds is 3. The van der Waals surface area contributed by atoms with Crippen molar-refractivity contribution in [2.24, 2.45) is 11.8 Å². The van der Waals surface area contributed by atoms with Crippen molar-refractivity contribution in [3.05, 3.63) is 28.2 Å². The molecule has 3 nitrogen and oxygen atoms in total. The summed E-state index contributed by atoms with van der Waals surface area (Å²) in [7, 11) is 0. The van der Waals surface area contributed by atoms with Crippen molar-refractivity contribution >= 4 is 27.6 Å². The average molecular weight is 326 g/mol. The zero-order valence-electron chi connectivity index (χ0n) is 11.3. The van der Waals surface area contributed by atoms with Gasteiger partial charge in [-0.05, 0) is 49.3 Å². The highest BCUT2D eigenvalue weighted by molar-refractivity contribution is 9.10. The van der Waals surface area contributed by atoms with Crippen molar-refractivity contribution in [1.82, 2.24) is 0 Å². The quantitative estimate of drug-likeness (QED) is 0.866. The Morgan fingerprint density at radius 1 is 1.37 bits per heavy atom. The lowest BCUT2D eigenvalue weighted by Crippen LogP contribution is -2.33. The van der Waals surface area contributed by atoms with Crippen LogP contribution in [0.15, 0.2) is 22.7 Å². The van der Waals surface area contributed by atoms with E-state index in [1.807, 2.05) is 6.07 Å². The van der Waals surface area contributed by atoms with Gasteiger partial charge in [0.1, 0.15) is 0 Å². The summed E-state index contributed by atoms with van der Waals surface area (Å²) in [6.45, 7) is 4.53. The Morgan fingerprint density at radius 3 is 2.74 bits per heavy atom. The van der Waals surface area contributed by atoms with Crippen LogP contribution in [0.2, 0.25) is 0 Å². The van der Waals surface area contributed by atoms with E-state index >= 15 is 0 Å². The Bertz CT molecular complexity index is 475. The van der Waals surface area contributed by atoms with Crippen LogP contribution in [-0.2, 0) is 0 Å². The van der Waals surface area contributed by atoms with Gasteiger partial charge in [-0.3, -0.25) is 0 Å². The molecule has 4 heteroatoms. The van der Waals surface area contributed by atoms with Crippen molar-refractivity contribution in [3.63, 3.8) is 0 Å². The van der Waals surface area contributed by atoms with Gasteiger partial charge in [-0.25, -0.2) is 4.79 Å². The zero-order valence-corrected chi connectivity index (χ0v) is 12.9. The second kappa shape index (κ2) is 5.95. The molecule has 0 spiro atoms. The maximum Gasteiger partial charge on any atom is 0.337 e. The van der Waals surface area contributed by atoms with Gasteiger partial charge < -0.3 is 10.4 Å². The molecular weight excluding hydrogens is 306 g/mol. The van der Waals surface area contributed by atoms with Crippen LogP contribution in [0.25, 0.3) is 0 Å². The number of halogens is 1. The molecule has 3 atom stereocenters. The zero-order chi connectivity index (χ0) is 14.0. The summed E-state index contributed by atoms with van der Waals surface area (Å²) >= 11 is 3.40. The Kier molecular flexibility index (Phi) is 4.50. The number of carboxylic acids is 1. The molecule has 0 heterocycles. The summed E-state index contributed by atoms with van der Waals surface area (Å²) in [5.74, 6) is 0.464. The van der Waals surface area contributed by atoms with Gasteiger partial charge in [0.2, 0.25) is 0 Å². The van der Waals surface area contributed by atoms with Crippen molar-refractivity contribution in [2.75, 3.05) is 5.32 Å². The van der Waals surface area contributed by atoms with Gasteiger partial charge in [0.15, 0.2) is 0 Å². The number of aromatic carboxylic acids is 1. The summed E-state index contributed by atoms with van der Waals surface area (Å²) < 4.78 is 0.900. The molecule has 1 aliphatic rings. The standard InChI is InChI=1S/C15H20BrNO2/c1-9-3-6-13(10(2)7-9)17-14-8-11(16)4-5-12(14)15(18)19/h4-5,8-10,13,17H,3,6-7H2,1-2H3,(H,18,19). The highest BCUT2D eigenvalue weighted by Crippen LogP contribution is 2.32. The first-order valence-electron chi connectivity index (χ1n) is 6.76. The largest absolute Gasteiger partial charge is 0.478 e. The Balaban J connectivity index is 2.18. The Morgan fingerprint density at radius 2 is 2.11 bits per heavy atom. The molecule has 19 heavy (non-hydrogen) atoms. The first-order chi connectivity index (χ1) is 8.97. The second-order valence-corrected chi connectivity index (χ2v) is 6.56. The molecular formula is C15H20BrNO2. The van der Waals surface area contributed by atoms with Crippen molar-refractivity contribution < 1.29 is 9.90 Å². The minimum absolute atomic E-state index is 0.342. The number of benzene rings is 1. The summed E-state index contributed by atoms with van der Waals surface area (Å²) in [5, 5.41) is 12.7. The van der Waals surface area contributed by atoms with Crippen LogP contribution in [-0.4, -0.2) is 17.1 Å². The molecule has 1 aliphatic carbocycles. The predicted molar refractivity (Wildman–Crippen MR) is 80.7 cm³/mol. The molecule has 2 N–H and O–H groups in total.